The van der Waals surface area contributed by atoms with Gasteiger partial charge in [0.2, 0.25) is 0 Å². The van der Waals surface area contributed by atoms with Gasteiger partial charge in [0.1, 0.15) is 11.6 Å². The Labute approximate surface area is 86.9 Å². The maximum absolute atomic E-state index is 12.7. The average molecular weight is 217 g/mol. The second-order valence-electron chi connectivity index (χ2n) is 2.95. The fraction of sp³-hybridized carbons (Fsp3) is 0.400. The summed E-state index contributed by atoms with van der Waals surface area (Å²) in [6, 6.07) is 3.57. The number of benzene rings is 1. The third-order valence-electron chi connectivity index (χ3n) is 1.73. The summed E-state index contributed by atoms with van der Waals surface area (Å²) in [5.74, 6) is -0.0454. The van der Waals surface area contributed by atoms with E-state index in [0.29, 0.717) is 12.1 Å². The minimum Gasteiger partial charge on any atom is -0.312 e. The van der Waals surface area contributed by atoms with Gasteiger partial charge in [-0.25, -0.2) is 8.78 Å². The maximum Gasteiger partial charge on any atom is 0.126 e. The quantitative estimate of drug-likeness (QED) is 0.760. The fourth-order valence-electron chi connectivity index (χ4n) is 1.12. The Hall–Kier alpha value is -0.610. The molecule has 0 aliphatic heterocycles. The van der Waals surface area contributed by atoms with Gasteiger partial charge in [-0.3, -0.25) is 0 Å². The molecule has 0 aliphatic carbocycles. The van der Waals surface area contributed by atoms with E-state index >= 15 is 0 Å². The SMILES string of the molecule is CSCCNCc1cc(F)cc(F)c1. The highest BCUT2D eigenvalue weighted by Gasteiger charge is 1.99. The number of halogens is 2. The van der Waals surface area contributed by atoms with Crippen LogP contribution in [0, 0.1) is 11.6 Å². The Morgan fingerprint density at radius 3 is 2.43 bits per heavy atom. The molecule has 0 spiro atoms. The lowest BCUT2D eigenvalue weighted by Crippen LogP contribution is -2.16. The van der Waals surface area contributed by atoms with Gasteiger partial charge in [-0.15, -0.1) is 0 Å². The van der Waals surface area contributed by atoms with Crippen LogP contribution in [0.3, 0.4) is 0 Å². The summed E-state index contributed by atoms with van der Waals surface area (Å²) in [5, 5.41) is 3.10. The molecule has 1 nitrogen and oxygen atoms in total. The van der Waals surface area contributed by atoms with Crippen LogP contribution >= 0.6 is 11.8 Å². The molecular formula is C10H13F2NS. The molecule has 0 saturated carbocycles. The van der Waals surface area contributed by atoms with Gasteiger partial charge in [-0.05, 0) is 24.0 Å². The summed E-state index contributed by atoms with van der Waals surface area (Å²) in [7, 11) is 0. The zero-order chi connectivity index (χ0) is 10.4. The molecule has 1 N–H and O–H groups in total. The predicted octanol–water partition coefficient (Wildman–Crippen LogP) is 2.42. The highest BCUT2D eigenvalue weighted by molar-refractivity contribution is 7.98. The van der Waals surface area contributed by atoms with Gasteiger partial charge in [0.15, 0.2) is 0 Å². The second-order valence-corrected chi connectivity index (χ2v) is 3.93. The highest BCUT2D eigenvalue weighted by Crippen LogP contribution is 2.07. The van der Waals surface area contributed by atoms with Gasteiger partial charge >= 0.3 is 0 Å². The molecular weight excluding hydrogens is 204 g/mol. The van der Waals surface area contributed by atoms with E-state index < -0.39 is 11.6 Å². The van der Waals surface area contributed by atoms with Crippen molar-refractivity contribution in [2.45, 2.75) is 6.54 Å². The monoisotopic (exact) mass is 217 g/mol. The van der Waals surface area contributed by atoms with Crippen molar-refractivity contribution in [1.82, 2.24) is 5.32 Å². The molecule has 0 aliphatic rings. The van der Waals surface area contributed by atoms with Crippen LogP contribution < -0.4 is 5.32 Å². The minimum absolute atomic E-state index is 0.509. The van der Waals surface area contributed by atoms with E-state index in [2.05, 4.69) is 5.32 Å². The van der Waals surface area contributed by atoms with Crippen LogP contribution in [0.25, 0.3) is 0 Å². The Morgan fingerprint density at radius 1 is 1.21 bits per heavy atom. The summed E-state index contributed by atoms with van der Waals surface area (Å²) >= 11 is 1.73. The van der Waals surface area contributed by atoms with E-state index in [9.17, 15) is 8.78 Å². The lowest BCUT2D eigenvalue weighted by Gasteiger charge is -2.04. The zero-order valence-corrected chi connectivity index (χ0v) is 8.83. The van der Waals surface area contributed by atoms with E-state index in [4.69, 9.17) is 0 Å². The Kier molecular flexibility index (Phi) is 4.90. The normalized spacial score (nSPS) is 10.5. The molecule has 0 unspecified atom stereocenters. The lowest BCUT2D eigenvalue weighted by molar-refractivity contribution is 0.576. The van der Waals surface area contributed by atoms with Crippen molar-refractivity contribution < 1.29 is 8.78 Å². The van der Waals surface area contributed by atoms with Crippen LogP contribution in [0.4, 0.5) is 8.78 Å². The molecule has 14 heavy (non-hydrogen) atoms. The zero-order valence-electron chi connectivity index (χ0n) is 8.02. The first-order chi connectivity index (χ1) is 6.72. The molecule has 4 heteroatoms. The van der Waals surface area contributed by atoms with Gasteiger partial charge in [0.05, 0.1) is 0 Å². The number of hydrogen-bond acceptors (Lipinski definition) is 2. The molecule has 1 aromatic carbocycles. The summed E-state index contributed by atoms with van der Waals surface area (Å²) in [6.07, 6.45) is 2.02. The van der Waals surface area contributed by atoms with Crippen LogP contribution in [-0.2, 0) is 6.54 Å². The molecule has 0 fully saturated rings. The first kappa shape index (κ1) is 11.5. The van der Waals surface area contributed by atoms with Gasteiger partial charge in [-0.1, -0.05) is 0 Å². The lowest BCUT2D eigenvalue weighted by atomic mass is 10.2. The van der Waals surface area contributed by atoms with Crippen LogP contribution in [0.1, 0.15) is 5.56 Å². The first-order valence-corrected chi connectivity index (χ1v) is 5.76. The minimum atomic E-state index is -0.522. The average Bonchev–Trinajstić information content (AvgIpc) is 2.11. The highest BCUT2D eigenvalue weighted by atomic mass is 32.2. The number of thioether (sulfide) groups is 1. The Morgan fingerprint density at radius 2 is 1.86 bits per heavy atom. The van der Waals surface area contributed by atoms with Crippen molar-refractivity contribution in [3.05, 3.63) is 35.4 Å². The van der Waals surface area contributed by atoms with Gasteiger partial charge < -0.3 is 5.32 Å². The maximum atomic E-state index is 12.7. The molecule has 0 radical (unpaired) electrons. The molecule has 0 aromatic heterocycles. The fourth-order valence-corrected chi connectivity index (χ4v) is 1.47. The largest absolute Gasteiger partial charge is 0.312 e. The molecule has 1 aromatic rings. The third kappa shape index (κ3) is 4.07. The standard InChI is InChI=1S/C10H13F2NS/c1-14-3-2-13-7-8-4-9(11)6-10(12)5-8/h4-6,13H,2-3,7H2,1H3. The van der Waals surface area contributed by atoms with Crippen molar-refractivity contribution in [3.8, 4) is 0 Å². The second kappa shape index (κ2) is 5.98. The molecule has 0 atom stereocenters. The number of nitrogens with one attached hydrogen (secondary N) is 1. The molecule has 0 heterocycles. The van der Waals surface area contributed by atoms with E-state index in [1.165, 1.54) is 12.1 Å². The molecule has 0 bridgehead atoms. The molecule has 0 amide bonds. The molecule has 78 valence electrons. The van der Waals surface area contributed by atoms with Crippen LogP contribution in [0.2, 0.25) is 0 Å². The van der Waals surface area contributed by atoms with Crippen molar-refractivity contribution in [1.29, 1.82) is 0 Å². The molecule has 1 rings (SSSR count). The molecule has 0 saturated heterocycles. The van der Waals surface area contributed by atoms with Crippen LogP contribution in [0.15, 0.2) is 18.2 Å². The van der Waals surface area contributed by atoms with E-state index in [-0.39, 0.29) is 0 Å². The van der Waals surface area contributed by atoms with E-state index in [1.807, 2.05) is 6.26 Å². The van der Waals surface area contributed by atoms with Gasteiger partial charge in [-0.2, -0.15) is 11.8 Å². The smallest absolute Gasteiger partial charge is 0.126 e. The van der Waals surface area contributed by atoms with Crippen molar-refractivity contribution in [2.24, 2.45) is 0 Å². The topological polar surface area (TPSA) is 12.0 Å². The Bertz CT molecular complexity index is 271. The number of rotatable bonds is 5. The number of hydrogen-bond donors (Lipinski definition) is 1. The van der Waals surface area contributed by atoms with Gasteiger partial charge in [0, 0.05) is 24.9 Å². The summed E-state index contributed by atoms with van der Waals surface area (Å²) in [5.41, 5.74) is 0.642. The van der Waals surface area contributed by atoms with Crippen molar-refractivity contribution in [2.75, 3.05) is 18.6 Å². The van der Waals surface area contributed by atoms with E-state index in [1.54, 1.807) is 11.8 Å². The Balaban J connectivity index is 2.42. The van der Waals surface area contributed by atoms with E-state index in [0.717, 1.165) is 18.4 Å². The summed E-state index contributed by atoms with van der Waals surface area (Å²) in [4.78, 5) is 0. The predicted molar refractivity (Wildman–Crippen MR) is 56.4 cm³/mol. The van der Waals surface area contributed by atoms with Crippen molar-refractivity contribution in [3.63, 3.8) is 0 Å². The summed E-state index contributed by atoms with van der Waals surface area (Å²) < 4.78 is 25.5. The third-order valence-corrected chi connectivity index (χ3v) is 2.35. The summed E-state index contributed by atoms with van der Waals surface area (Å²) in [6.45, 7) is 1.36. The van der Waals surface area contributed by atoms with Gasteiger partial charge in [0.25, 0.3) is 0 Å². The van der Waals surface area contributed by atoms with Crippen molar-refractivity contribution >= 4 is 11.8 Å². The first-order valence-electron chi connectivity index (χ1n) is 4.37. The van der Waals surface area contributed by atoms with Crippen LogP contribution in [0.5, 0.6) is 0 Å². The van der Waals surface area contributed by atoms with Crippen LogP contribution in [-0.4, -0.2) is 18.6 Å².